The molecule has 0 aromatic heterocycles. The Morgan fingerprint density at radius 1 is 0.750 bits per heavy atom. The van der Waals surface area contributed by atoms with Crippen LogP contribution in [0.4, 0.5) is 0 Å². The predicted molar refractivity (Wildman–Crippen MR) is 90.1 cm³/mol. The van der Waals surface area contributed by atoms with Crippen LogP contribution in [-0.4, -0.2) is 49.1 Å². The van der Waals surface area contributed by atoms with Gasteiger partial charge >= 0.3 is 121 Å². The van der Waals surface area contributed by atoms with Gasteiger partial charge in [-0.15, -0.1) is 0 Å². The number of hydrogen-bond acceptors (Lipinski definition) is 0. The summed E-state index contributed by atoms with van der Waals surface area (Å²) < 4.78 is 0.661. The van der Waals surface area contributed by atoms with Crippen LogP contribution in [0.5, 0.6) is 0 Å². The zero-order valence-electron chi connectivity index (χ0n) is 12.4. The monoisotopic (exact) mass is 414 g/mol. The molecule has 0 fully saturated rings. The summed E-state index contributed by atoms with van der Waals surface area (Å²) >= 11 is 2.43. The molecule has 0 rings (SSSR count). The Morgan fingerprint density at radius 2 is 0.938 bits per heavy atom. The molecule has 0 amide bonds. The average Bonchev–Trinajstić information content (AvgIpc) is 1.71. The van der Waals surface area contributed by atoms with E-state index in [1.807, 2.05) is 0 Å². The Morgan fingerprint density at radius 3 is 0.938 bits per heavy atom. The van der Waals surface area contributed by atoms with Gasteiger partial charge < -0.3 is 0 Å². The normalized spacial score (nSPS) is 15.1. The van der Waals surface area contributed by atoms with Gasteiger partial charge in [-0.05, 0) is 0 Å². The molecule has 0 aromatic rings. The van der Waals surface area contributed by atoms with Gasteiger partial charge in [-0.3, -0.25) is 0 Å². The van der Waals surface area contributed by atoms with Crippen molar-refractivity contribution in [3.63, 3.8) is 0 Å². The zero-order chi connectivity index (χ0) is 13.6. The van der Waals surface area contributed by atoms with Crippen LogP contribution in [0.15, 0.2) is 0 Å². The fraction of sp³-hybridized carbons (Fsp3) is 1.00. The fourth-order valence-corrected chi connectivity index (χ4v) is 95.8. The van der Waals surface area contributed by atoms with Gasteiger partial charge in [0.05, 0.1) is 0 Å². The van der Waals surface area contributed by atoms with E-state index in [0.29, 0.717) is 3.12 Å². The Labute approximate surface area is 120 Å². The van der Waals surface area contributed by atoms with E-state index in [-0.39, 0.29) is 0 Å². The van der Waals surface area contributed by atoms with Gasteiger partial charge in [0.1, 0.15) is 0 Å². The standard InChI is InChI=1S/C10H27ClGe2Si3/c1-14(2,3)10(13(11)12,15(4,5)6)16(7,8)9/h1-9H3. The van der Waals surface area contributed by atoms with Crippen LogP contribution >= 0.6 is 10.0 Å². The summed E-state index contributed by atoms with van der Waals surface area (Å²) in [7, 11) is 1.88. The van der Waals surface area contributed by atoms with E-state index in [2.05, 4.69) is 72.9 Å². The van der Waals surface area contributed by atoms with Gasteiger partial charge in [0, 0.05) is 0 Å². The Balaban J connectivity index is 6.17. The van der Waals surface area contributed by atoms with Crippen LogP contribution in [0.1, 0.15) is 0 Å². The van der Waals surface area contributed by atoms with E-state index in [4.69, 9.17) is 10.0 Å². The first-order valence-electron chi connectivity index (χ1n) is 5.94. The summed E-state index contributed by atoms with van der Waals surface area (Å²) in [5.74, 6) is 0. The second-order valence-corrected chi connectivity index (χ2v) is 42.0. The molecule has 0 aliphatic rings. The Hall–Kier alpha value is 2.03. The Bertz CT molecular complexity index is 248. The van der Waals surface area contributed by atoms with Gasteiger partial charge in [-0.1, -0.05) is 0 Å². The molecule has 16 heavy (non-hydrogen) atoms. The van der Waals surface area contributed by atoms with Crippen LogP contribution in [0, 0.1) is 0 Å². The van der Waals surface area contributed by atoms with Gasteiger partial charge in [-0.2, -0.15) is 0 Å². The maximum atomic E-state index is 6.93. The van der Waals surface area contributed by atoms with Crippen LogP contribution in [0.25, 0.3) is 0 Å². The topological polar surface area (TPSA) is 0 Å². The van der Waals surface area contributed by atoms with Crippen molar-refractivity contribution in [3.8, 4) is 0 Å². The van der Waals surface area contributed by atoms with Crippen molar-refractivity contribution < 1.29 is 0 Å². The molecule has 0 heterocycles. The van der Waals surface area contributed by atoms with Gasteiger partial charge in [0.2, 0.25) is 0 Å². The molecular weight excluding hydrogens is 385 g/mol. The zero-order valence-corrected chi connectivity index (χ0v) is 20.3. The molecule has 0 saturated heterocycles. The minimum atomic E-state index is -1.43. The molecule has 0 N–H and O–H groups in total. The second-order valence-electron chi connectivity index (χ2n) is 7.81. The van der Waals surface area contributed by atoms with Crippen molar-refractivity contribution in [2.45, 2.75) is 62.0 Å². The summed E-state index contributed by atoms with van der Waals surface area (Å²) in [6.07, 6.45) is 0. The number of halogens is 1. The average molecular weight is 412 g/mol. The first-order valence-corrected chi connectivity index (χ1v) is 26.7. The molecule has 2 radical (unpaired) electrons. The molecule has 94 valence electrons. The van der Waals surface area contributed by atoms with Crippen LogP contribution in [0.3, 0.4) is 0 Å². The van der Waals surface area contributed by atoms with Crippen molar-refractivity contribution in [1.82, 2.24) is 0 Å². The third-order valence-corrected chi connectivity index (χ3v) is 59.6. The molecule has 0 nitrogen and oxygen atoms in total. The van der Waals surface area contributed by atoms with Crippen molar-refractivity contribution in [3.05, 3.63) is 0 Å². The summed E-state index contributed by atoms with van der Waals surface area (Å²) in [6.45, 7) is 23.1. The van der Waals surface area contributed by atoms with Crippen molar-refractivity contribution in [2.75, 3.05) is 0 Å². The van der Waals surface area contributed by atoms with Crippen LogP contribution in [-0.2, 0) is 0 Å². The molecule has 0 spiro atoms. The minimum absolute atomic E-state index is 0.661. The van der Waals surface area contributed by atoms with Gasteiger partial charge in [0.15, 0.2) is 0 Å². The number of rotatable bonds is 4. The van der Waals surface area contributed by atoms with E-state index in [9.17, 15) is 0 Å². The van der Waals surface area contributed by atoms with Crippen LogP contribution < -0.4 is 0 Å². The molecular formula is C10H27ClGe2Si3. The van der Waals surface area contributed by atoms with E-state index in [0.717, 1.165) is 0 Å². The van der Waals surface area contributed by atoms with Gasteiger partial charge in [0.25, 0.3) is 0 Å². The third-order valence-electron chi connectivity index (χ3n) is 3.70. The van der Waals surface area contributed by atoms with E-state index >= 15 is 0 Å². The van der Waals surface area contributed by atoms with Crippen LogP contribution in [0.2, 0.25) is 62.0 Å². The molecule has 0 saturated carbocycles. The maximum absolute atomic E-state index is 6.93. The summed E-state index contributed by atoms with van der Waals surface area (Å²) in [6, 6.07) is 0. The quantitative estimate of drug-likeness (QED) is 0.606. The van der Waals surface area contributed by atoms with E-state index < -0.39 is 35.1 Å². The van der Waals surface area contributed by atoms with E-state index in [1.165, 1.54) is 0 Å². The fourth-order valence-electron chi connectivity index (χ4n) is 4.36. The number of hydrogen-bond donors (Lipinski definition) is 0. The van der Waals surface area contributed by atoms with Crippen molar-refractivity contribution >= 4 is 59.1 Å². The van der Waals surface area contributed by atoms with Gasteiger partial charge in [-0.25, -0.2) is 0 Å². The molecule has 0 bridgehead atoms. The summed E-state index contributed by atoms with van der Waals surface area (Å²) in [4.78, 5) is 0. The summed E-state index contributed by atoms with van der Waals surface area (Å²) in [5, 5.41) is 0. The molecule has 0 aromatic carbocycles. The second kappa shape index (κ2) is 5.19. The van der Waals surface area contributed by atoms with E-state index in [1.54, 1.807) is 0 Å². The molecule has 0 aliphatic heterocycles. The summed E-state index contributed by atoms with van der Waals surface area (Å²) in [5.41, 5.74) is 0. The SMILES string of the molecule is C[Si](C)(C)[C]([Ge]([Cl])=[Ge])([Si](C)(C)C)[Si](C)(C)C. The van der Waals surface area contributed by atoms with Crippen molar-refractivity contribution in [1.29, 1.82) is 0 Å². The third kappa shape index (κ3) is 2.95. The Kier molecular flexibility index (Phi) is 5.85. The first-order chi connectivity index (χ1) is 6.69. The predicted octanol–water partition coefficient (Wildman–Crippen LogP) is 4.25. The first kappa shape index (κ1) is 18.0. The molecule has 0 unspecified atom stereocenters. The molecule has 0 atom stereocenters. The molecule has 6 heteroatoms. The van der Waals surface area contributed by atoms with Crippen molar-refractivity contribution in [2.24, 2.45) is 0 Å². The molecule has 0 aliphatic carbocycles.